The molecule has 0 atom stereocenters. The van der Waals surface area contributed by atoms with Gasteiger partial charge in [-0.15, -0.1) is 0 Å². The number of para-hydroxylation sites is 1. The Morgan fingerprint density at radius 2 is 1.34 bits per heavy atom. The maximum atomic E-state index is 13.1. The Labute approximate surface area is 187 Å². The molecule has 0 heterocycles. The summed E-state index contributed by atoms with van der Waals surface area (Å²) in [5.74, 6) is 0.514. The molecule has 0 fully saturated rings. The van der Waals surface area contributed by atoms with E-state index in [2.05, 4.69) is 36.4 Å². The fourth-order valence-electron chi connectivity index (χ4n) is 4.01. The molecule has 2 nitrogen and oxygen atoms in total. The third-order valence-electron chi connectivity index (χ3n) is 5.60. The summed E-state index contributed by atoms with van der Waals surface area (Å²) in [4.78, 5) is 13.1. The Balaban J connectivity index is 1.46. The summed E-state index contributed by atoms with van der Waals surface area (Å²) in [6.45, 7) is 0.421. The van der Waals surface area contributed by atoms with Gasteiger partial charge in [-0.05, 0) is 56.9 Å². The van der Waals surface area contributed by atoms with Crippen LogP contribution in [0.25, 0.3) is 27.6 Å². The van der Waals surface area contributed by atoms with Crippen molar-refractivity contribution >= 4 is 33.4 Å². The minimum absolute atomic E-state index is 0.0779. The zero-order chi connectivity index (χ0) is 21.8. The Morgan fingerprint density at radius 1 is 0.688 bits per heavy atom. The van der Waals surface area contributed by atoms with Gasteiger partial charge in [-0.1, -0.05) is 97.1 Å². The van der Waals surface area contributed by atoms with Crippen LogP contribution in [0.1, 0.15) is 21.5 Å². The minimum Gasteiger partial charge on any atom is -0.488 e. The van der Waals surface area contributed by atoms with E-state index >= 15 is 0 Å². The molecular formula is C30H22O2. The highest BCUT2D eigenvalue weighted by molar-refractivity contribution is 6.13. The van der Waals surface area contributed by atoms with E-state index in [0.717, 1.165) is 21.9 Å². The fourth-order valence-corrected chi connectivity index (χ4v) is 4.01. The second-order valence-corrected chi connectivity index (χ2v) is 7.70. The van der Waals surface area contributed by atoms with Crippen LogP contribution in [0.2, 0.25) is 0 Å². The van der Waals surface area contributed by atoms with Gasteiger partial charge in [0.2, 0.25) is 0 Å². The Hall–Kier alpha value is -4.17. The zero-order valence-electron chi connectivity index (χ0n) is 17.6. The second kappa shape index (κ2) is 8.91. The van der Waals surface area contributed by atoms with Crippen molar-refractivity contribution in [2.75, 3.05) is 0 Å². The van der Waals surface area contributed by atoms with Gasteiger partial charge < -0.3 is 4.74 Å². The topological polar surface area (TPSA) is 26.3 Å². The number of ether oxygens (including phenoxy) is 1. The first-order chi connectivity index (χ1) is 15.8. The second-order valence-electron chi connectivity index (χ2n) is 7.70. The summed E-state index contributed by atoms with van der Waals surface area (Å²) < 4.78 is 5.97. The highest BCUT2D eigenvalue weighted by Gasteiger charge is 2.10. The average Bonchev–Trinajstić information content (AvgIpc) is 2.86. The van der Waals surface area contributed by atoms with E-state index < -0.39 is 0 Å². The van der Waals surface area contributed by atoms with Crippen molar-refractivity contribution < 1.29 is 9.53 Å². The van der Waals surface area contributed by atoms with Crippen LogP contribution in [0.5, 0.6) is 5.75 Å². The molecule has 5 aromatic carbocycles. The SMILES string of the molecule is O=C(C=Cc1cc2ccccc2c2ccccc12)c1ccccc1OCc1ccccc1. The highest BCUT2D eigenvalue weighted by Crippen LogP contribution is 2.30. The number of carbonyl (C=O) groups is 1. The lowest BCUT2D eigenvalue weighted by molar-refractivity contribution is 0.104. The number of ketones is 1. The maximum Gasteiger partial charge on any atom is 0.189 e. The van der Waals surface area contributed by atoms with Gasteiger partial charge >= 0.3 is 0 Å². The number of hydrogen-bond donors (Lipinski definition) is 0. The van der Waals surface area contributed by atoms with Gasteiger partial charge in [0, 0.05) is 0 Å². The van der Waals surface area contributed by atoms with Crippen molar-refractivity contribution in [3.05, 3.63) is 132 Å². The third kappa shape index (κ3) is 4.03. The molecule has 154 valence electrons. The lowest BCUT2D eigenvalue weighted by Gasteiger charge is -2.10. The number of rotatable bonds is 6. The Bertz CT molecular complexity index is 1430. The van der Waals surface area contributed by atoms with E-state index in [0.29, 0.717) is 17.9 Å². The van der Waals surface area contributed by atoms with E-state index in [-0.39, 0.29) is 5.78 Å². The molecule has 0 radical (unpaired) electrons. The number of carbonyl (C=O) groups excluding carboxylic acids is 1. The molecule has 0 spiro atoms. The van der Waals surface area contributed by atoms with Crippen LogP contribution in [0.4, 0.5) is 0 Å². The van der Waals surface area contributed by atoms with Crippen molar-refractivity contribution in [2.45, 2.75) is 6.61 Å². The molecule has 0 aromatic heterocycles. The summed E-state index contributed by atoms with van der Waals surface area (Å²) in [6, 6.07) is 36.1. The number of allylic oxidation sites excluding steroid dienone is 1. The van der Waals surface area contributed by atoms with Crippen molar-refractivity contribution in [2.24, 2.45) is 0 Å². The summed E-state index contributed by atoms with van der Waals surface area (Å²) in [5.41, 5.74) is 2.65. The smallest absolute Gasteiger partial charge is 0.189 e. The van der Waals surface area contributed by atoms with Crippen molar-refractivity contribution in [3.8, 4) is 5.75 Å². The van der Waals surface area contributed by atoms with Crippen molar-refractivity contribution in [3.63, 3.8) is 0 Å². The molecule has 0 aliphatic rings. The van der Waals surface area contributed by atoms with Crippen LogP contribution >= 0.6 is 0 Å². The van der Waals surface area contributed by atoms with E-state index in [9.17, 15) is 4.79 Å². The zero-order valence-corrected chi connectivity index (χ0v) is 17.6. The van der Waals surface area contributed by atoms with Crippen LogP contribution in [-0.2, 0) is 6.61 Å². The molecule has 0 amide bonds. The molecule has 0 unspecified atom stereocenters. The van der Waals surface area contributed by atoms with Crippen LogP contribution in [0.15, 0.2) is 115 Å². The van der Waals surface area contributed by atoms with Crippen LogP contribution < -0.4 is 4.74 Å². The fraction of sp³-hybridized carbons (Fsp3) is 0.0333. The number of hydrogen-bond acceptors (Lipinski definition) is 2. The van der Waals surface area contributed by atoms with Gasteiger partial charge in [0.1, 0.15) is 12.4 Å². The third-order valence-corrected chi connectivity index (χ3v) is 5.60. The van der Waals surface area contributed by atoms with Crippen LogP contribution in [-0.4, -0.2) is 5.78 Å². The van der Waals surface area contributed by atoms with E-state index in [4.69, 9.17) is 4.74 Å². The molecule has 32 heavy (non-hydrogen) atoms. The molecule has 0 saturated carbocycles. The van der Waals surface area contributed by atoms with Gasteiger partial charge in [-0.2, -0.15) is 0 Å². The standard InChI is InChI=1S/C30H22O2/c31-29(28-16-8-9-17-30(28)32-21-22-10-2-1-3-11-22)19-18-24-20-23-12-4-5-13-25(23)27-15-7-6-14-26(24)27/h1-20H,21H2. The Kier molecular flexibility index (Phi) is 5.50. The molecule has 2 heteroatoms. The first-order valence-corrected chi connectivity index (χ1v) is 10.7. The number of fused-ring (bicyclic) bond motifs is 3. The summed E-state index contributed by atoms with van der Waals surface area (Å²) in [5, 5.41) is 4.68. The van der Waals surface area contributed by atoms with Gasteiger partial charge in [-0.25, -0.2) is 0 Å². The summed E-state index contributed by atoms with van der Waals surface area (Å²) in [7, 11) is 0. The quantitative estimate of drug-likeness (QED) is 0.164. The highest BCUT2D eigenvalue weighted by atomic mass is 16.5. The van der Waals surface area contributed by atoms with E-state index in [1.54, 1.807) is 6.08 Å². The van der Waals surface area contributed by atoms with Crippen molar-refractivity contribution in [1.29, 1.82) is 0 Å². The first kappa shape index (κ1) is 19.8. The monoisotopic (exact) mass is 414 g/mol. The summed E-state index contributed by atoms with van der Waals surface area (Å²) in [6.07, 6.45) is 3.55. The van der Waals surface area contributed by atoms with Gasteiger partial charge in [0.25, 0.3) is 0 Å². The lowest BCUT2D eigenvalue weighted by atomic mass is 9.96. The predicted molar refractivity (Wildman–Crippen MR) is 132 cm³/mol. The van der Waals surface area contributed by atoms with Gasteiger partial charge in [0.15, 0.2) is 5.78 Å². The minimum atomic E-state index is -0.0779. The molecule has 0 N–H and O–H groups in total. The van der Waals surface area contributed by atoms with E-state index in [1.165, 1.54) is 10.8 Å². The molecule has 0 aliphatic heterocycles. The molecule has 5 aromatic rings. The largest absolute Gasteiger partial charge is 0.488 e. The summed E-state index contributed by atoms with van der Waals surface area (Å²) >= 11 is 0. The van der Waals surface area contributed by atoms with E-state index in [1.807, 2.05) is 78.9 Å². The van der Waals surface area contributed by atoms with Gasteiger partial charge in [-0.3, -0.25) is 4.79 Å². The van der Waals surface area contributed by atoms with Crippen LogP contribution in [0, 0.1) is 0 Å². The van der Waals surface area contributed by atoms with Gasteiger partial charge in [0.05, 0.1) is 5.56 Å². The average molecular weight is 415 g/mol. The Morgan fingerprint density at radius 3 is 2.19 bits per heavy atom. The molecular weight excluding hydrogens is 392 g/mol. The maximum absolute atomic E-state index is 13.1. The lowest BCUT2D eigenvalue weighted by Crippen LogP contribution is -2.02. The van der Waals surface area contributed by atoms with Crippen LogP contribution in [0.3, 0.4) is 0 Å². The first-order valence-electron chi connectivity index (χ1n) is 10.7. The molecule has 0 saturated heterocycles. The molecule has 0 bridgehead atoms. The number of benzene rings is 5. The normalized spacial score (nSPS) is 11.2. The predicted octanol–water partition coefficient (Wildman–Crippen LogP) is 7.47. The van der Waals surface area contributed by atoms with Crippen molar-refractivity contribution in [1.82, 2.24) is 0 Å². The molecule has 0 aliphatic carbocycles. The molecule has 5 rings (SSSR count).